The van der Waals surface area contributed by atoms with E-state index in [1.54, 1.807) is 38.1 Å². The molecule has 0 saturated carbocycles. The molecule has 2 aromatic carbocycles. The van der Waals surface area contributed by atoms with E-state index >= 15 is 0 Å². The van der Waals surface area contributed by atoms with Crippen LogP contribution in [0.1, 0.15) is 49.0 Å². The van der Waals surface area contributed by atoms with Gasteiger partial charge < -0.3 is 15.4 Å². The number of anilines is 1. The fraction of sp³-hybridized carbons (Fsp3) is 0.500. The SMILES string of the molecule is CC(C)(CC(=O)N1CCN(N2CCC(Cc3ccccc3)CC2)CC1)OC(=O)c1ccc(N)cc1. The van der Waals surface area contributed by atoms with E-state index in [0.717, 1.165) is 38.5 Å². The lowest BCUT2D eigenvalue weighted by molar-refractivity contribution is -0.142. The third-order valence-corrected chi connectivity index (χ3v) is 7.06. The van der Waals surface area contributed by atoms with Crippen molar-refractivity contribution in [3.05, 3.63) is 65.7 Å². The molecule has 35 heavy (non-hydrogen) atoms. The molecular formula is C28H38N4O3. The molecule has 0 radical (unpaired) electrons. The molecule has 4 rings (SSSR count). The Morgan fingerprint density at radius 2 is 1.49 bits per heavy atom. The number of hydrogen-bond donors (Lipinski definition) is 1. The topological polar surface area (TPSA) is 79.1 Å². The number of carbonyl (C=O) groups is 2. The maximum absolute atomic E-state index is 13.0. The number of carbonyl (C=O) groups excluding carboxylic acids is 2. The van der Waals surface area contributed by atoms with Crippen LogP contribution in [0.25, 0.3) is 0 Å². The van der Waals surface area contributed by atoms with E-state index in [2.05, 4.69) is 40.3 Å². The van der Waals surface area contributed by atoms with Crippen LogP contribution >= 0.6 is 0 Å². The van der Waals surface area contributed by atoms with Crippen molar-refractivity contribution in [3.63, 3.8) is 0 Å². The molecule has 2 N–H and O–H groups in total. The summed E-state index contributed by atoms with van der Waals surface area (Å²) >= 11 is 0. The average molecular weight is 479 g/mol. The number of piperidine rings is 1. The number of nitrogens with two attached hydrogens (primary N) is 1. The Balaban J connectivity index is 1.19. The van der Waals surface area contributed by atoms with E-state index in [9.17, 15) is 9.59 Å². The van der Waals surface area contributed by atoms with Crippen LogP contribution in [0.5, 0.6) is 0 Å². The van der Waals surface area contributed by atoms with Crippen LogP contribution < -0.4 is 5.73 Å². The highest BCUT2D eigenvalue weighted by atomic mass is 16.6. The Labute approximate surface area is 208 Å². The largest absolute Gasteiger partial charge is 0.456 e. The van der Waals surface area contributed by atoms with E-state index in [4.69, 9.17) is 10.5 Å². The molecule has 2 aliphatic rings. The number of hydrogen-bond acceptors (Lipinski definition) is 6. The van der Waals surface area contributed by atoms with E-state index in [1.807, 2.05) is 4.90 Å². The van der Waals surface area contributed by atoms with Crippen LogP contribution in [0.4, 0.5) is 5.69 Å². The number of benzene rings is 2. The van der Waals surface area contributed by atoms with Gasteiger partial charge in [-0.25, -0.2) is 14.8 Å². The number of hydrazine groups is 1. The normalized spacial score (nSPS) is 18.4. The lowest BCUT2D eigenvalue weighted by atomic mass is 9.91. The molecule has 2 saturated heterocycles. The highest BCUT2D eigenvalue weighted by Gasteiger charge is 2.32. The fourth-order valence-corrected chi connectivity index (χ4v) is 5.02. The van der Waals surface area contributed by atoms with Crippen molar-refractivity contribution in [2.75, 3.05) is 45.0 Å². The first-order valence-corrected chi connectivity index (χ1v) is 12.7. The van der Waals surface area contributed by atoms with Crippen molar-refractivity contribution in [2.24, 2.45) is 5.92 Å². The Morgan fingerprint density at radius 1 is 0.886 bits per heavy atom. The van der Waals surface area contributed by atoms with Crippen molar-refractivity contribution in [3.8, 4) is 0 Å². The number of amides is 1. The second-order valence-electron chi connectivity index (χ2n) is 10.4. The molecule has 1 amide bonds. The van der Waals surface area contributed by atoms with Crippen molar-refractivity contribution in [2.45, 2.75) is 45.1 Å². The Morgan fingerprint density at radius 3 is 2.11 bits per heavy atom. The Bertz CT molecular complexity index is 977. The lowest BCUT2D eigenvalue weighted by Crippen LogP contribution is -2.57. The van der Waals surface area contributed by atoms with Gasteiger partial charge in [-0.05, 0) is 68.9 Å². The highest BCUT2D eigenvalue weighted by molar-refractivity contribution is 5.90. The van der Waals surface area contributed by atoms with Crippen molar-refractivity contribution in [1.29, 1.82) is 0 Å². The zero-order valence-electron chi connectivity index (χ0n) is 21.0. The van der Waals surface area contributed by atoms with Crippen LogP contribution in [0.15, 0.2) is 54.6 Å². The molecule has 0 aromatic heterocycles. The third-order valence-electron chi connectivity index (χ3n) is 7.06. The van der Waals surface area contributed by atoms with Crippen LogP contribution in [0.3, 0.4) is 0 Å². The lowest BCUT2D eigenvalue weighted by Gasteiger charge is -2.44. The first-order valence-electron chi connectivity index (χ1n) is 12.7. The first-order chi connectivity index (χ1) is 16.8. The van der Waals surface area contributed by atoms with Crippen LogP contribution in [-0.2, 0) is 16.0 Å². The van der Waals surface area contributed by atoms with Crippen LogP contribution in [0.2, 0.25) is 0 Å². The molecule has 0 aliphatic carbocycles. The van der Waals surface area contributed by atoms with Gasteiger partial charge in [-0.3, -0.25) is 4.79 Å². The second kappa shape index (κ2) is 11.2. The molecule has 2 heterocycles. The molecular weight excluding hydrogens is 440 g/mol. The number of esters is 1. The summed E-state index contributed by atoms with van der Waals surface area (Å²) in [5.74, 6) is 0.333. The van der Waals surface area contributed by atoms with Gasteiger partial charge >= 0.3 is 5.97 Å². The molecule has 0 spiro atoms. The van der Waals surface area contributed by atoms with Gasteiger partial charge in [-0.2, -0.15) is 0 Å². The molecule has 7 nitrogen and oxygen atoms in total. The molecule has 2 aromatic rings. The van der Waals surface area contributed by atoms with Gasteiger partial charge in [0.05, 0.1) is 12.0 Å². The summed E-state index contributed by atoms with van der Waals surface area (Å²) in [4.78, 5) is 27.3. The maximum atomic E-state index is 13.0. The molecule has 0 atom stereocenters. The van der Waals surface area contributed by atoms with Gasteiger partial charge in [0, 0.05) is 45.0 Å². The maximum Gasteiger partial charge on any atom is 0.338 e. The van der Waals surface area contributed by atoms with Crippen molar-refractivity contribution in [1.82, 2.24) is 14.9 Å². The summed E-state index contributed by atoms with van der Waals surface area (Å²) < 4.78 is 5.65. The number of piperazine rings is 1. The molecule has 2 fully saturated rings. The van der Waals surface area contributed by atoms with Crippen molar-refractivity contribution >= 4 is 17.6 Å². The smallest absolute Gasteiger partial charge is 0.338 e. The fourth-order valence-electron chi connectivity index (χ4n) is 5.02. The number of nitrogens with zero attached hydrogens (tertiary/aromatic N) is 3. The second-order valence-corrected chi connectivity index (χ2v) is 10.4. The summed E-state index contributed by atoms with van der Waals surface area (Å²) in [6, 6.07) is 17.4. The highest BCUT2D eigenvalue weighted by Crippen LogP contribution is 2.24. The average Bonchev–Trinajstić information content (AvgIpc) is 2.85. The monoisotopic (exact) mass is 478 g/mol. The summed E-state index contributed by atoms with van der Waals surface area (Å²) in [5, 5.41) is 4.89. The zero-order chi connectivity index (χ0) is 24.8. The molecule has 0 bridgehead atoms. The van der Waals surface area contributed by atoms with Crippen molar-refractivity contribution < 1.29 is 14.3 Å². The van der Waals surface area contributed by atoms with Gasteiger partial charge in [0.1, 0.15) is 5.60 Å². The van der Waals surface area contributed by atoms with Gasteiger partial charge in [0.25, 0.3) is 0 Å². The predicted molar refractivity (Wildman–Crippen MR) is 138 cm³/mol. The summed E-state index contributed by atoms with van der Waals surface area (Å²) in [6.07, 6.45) is 3.75. The van der Waals surface area contributed by atoms with Gasteiger partial charge in [-0.15, -0.1) is 0 Å². The zero-order valence-corrected chi connectivity index (χ0v) is 21.0. The molecule has 2 aliphatic heterocycles. The Hall–Kier alpha value is -2.90. The van der Waals surface area contributed by atoms with Crippen LogP contribution in [-0.4, -0.2) is 71.7 Å². The van der Waals surface area contributed by atoms with Gasteiger partial charge in [0.2, 0.25) is 5.91 Å². The predicted octanol–water partition coefficient (Wildman–Crippen LogP) is 3.61. The van der Waals surface area contributed by atoms with E-state index in [0.29, 0.717) is 24.3 Å². The third kappa shape index (κ3) is 7.05. The number of ether oxygens (including phenoxy) is 1. The standard InChI is InChI=1S/C28H38N4O3/c1-28(2,35-27(34)24-8-10-25(29)11-9-24)21-26(33)30-16-18-32(19-17-30)31-14-12-23(13-15-31)20-22-6-4-3-5-7-22/h3-11,23H,12-21,29H2,1-2H3. The minimum atomic E-state index is -0.882. The Kier molecular flexibility index (Phi) is 8.08. The van der Waals surface area contributed by atoms with E-state index in [1.165, 1.54) is 18.4 Å². The quantitative estimate of drug-likeness (QED) is 0.484. The van der Waals surface area contributed by atoms with Gasteiger partial charge in [0.15, 0.2) is 0 Å². The van der Waals surface area contributed by atoms with E-state index < -0.39 is 11.6 Å². The number of rotatable bonds is 7. The minimum absolute atomic E-state index is 0.0290. The van der Waals surface area contributed by atoms with Crippen LogP contribution in [0, 0.1) is 5.92 Å². The number of nitrogen functional groups attached to an aromatic ring is 1. The summed E-state index contributed by atoms with van der Waals surface area (Å²) in [6.45, 7) is 8.84. The summed E-state index contributed by atoms with van der Waals surface area (Å²) in [5.41, 5.74) is 7.26. The minimum Gasteiger partial charge on any atom is -0.456 e. The molecule has 7 heteroatoms. The van der Waals surface area contributed by atoms with Gasteiger partial charge in [-0.1, -0.05) is 30.3 Å². The molecule has 188 valence electrons. The molecule has 0 unspecified atom stereocenters. The van der Waals surface area contributed by atoms with E-state index in [-0.39, 0.29) is 12.3 Å². The first kappa shape index (κ1) is 25.2. The summed E-state index contributed by atoms with van der Waals surface area (Å²) in [7, 11) is 0.